The summed E-state index contributed by atoms with van der Waals surface area (Å²) in [6.07, 6.45) is 0.321. The van der Waals surface area contributed by atoms with Crippen molar-refractivity contribution in [2.75, 3.05) is 0 Å². The topological polar surface area (TPSA) is 105 Å². The molecule has 5 aromatic rings. The first-order valence-electron chi connectivity index (χ1n) is 10.4. The van der Waals surface area contributed by atoms with Crippen molar-refractivity contribution in [3.8, 4) is 0 Å². The van der Waals surface area contributed by atoms with E-state index in [9.17, 15) is 14.4 Å². The van der Waals surface area contributed by atoms with E-state index < -0.39 is 12.1 Å². The van der Waals surface area contributed by atoms with Gasteiger partial charge in [0.15, 0.2) is 6.10 Å². The first-order chi connectivity index (χ1) is 16.1. The quantitative estimate of drug-likeness (QED) is 0.307. The zero-order chi connectivity index (χ0) is 22.8. The molecule has 0 bridgehead atoms. The van der Waals surface area contributed by atoms with E-state index in [1.54, 1.807) is 54.7 Å². The molecule has 7 heteroatoms. The second-order valence-corrected chi connectivity index (χ2v) is 7.61. The third kappa shape index (κ3) is 3.92. The van der Waals surface area contributed by atoms with Crippen molar-refractivity contribution in [1.29, 1.82) is 0 Å². The highest BCUT2D eigenvalue weighted by molar-refractivity contribution is 6.10. The van der Waals surface area contributed by atoms with E-state index >= 15 is 0 Å². The summed E-state index contributed by atoms with van der Waals surface area (Å²) >= 11 is 0. The maximum absolute atomic E-state index is 13.5. The van der Waals surface area contributed by atoms with Crippen LogP contribution in [0.3, 0.4) is 0 Å². The van der Waals surface area contributed by atoms with E-state index in [1.807, 2.05) is 30.3 Å². The van der Waals surface area contributed by atoms with Crippen LogP contribution in [0.1, 0.15) is 27.7 Å². The number of ketones is 1. The lowest BCUT2D eigenvalue weighted by molar-refractivity contribution is -0.146. The zero-order valence-corrected chi connectivity index (χ0v) is 17.4. The molecule has 0 amide bonds. The molecule has 162 valence electrons. The van der Waals surface area contributed by atoms with Crippen molar-refractivity contribution in [2.24, 2.45) is 0 Å². The lowest BCUT2D eigenvalue weighted by atomic mass is 9.99. The van der Waals surface area contributed by atoms with Crippen LogP contribution < -0.4 is 5.56 Å². The Morgan fingerprint density at radius 1 is 0.848 bits per heavy atom. The average Bonchev–Trinajstić information content (AvgIpc) is 3.29. The lowest BCUT2D eigenvalue weighted by Crippen LogP contribution is -2.22. The van der Waals surface area contributed by atoms with Crippen LogP contribution in [0, 0.1) is 0 Å². The van der Waals surface area contributed by atoms with Crippen LogP contribution in [0.5, 0.6) is 0 Å². The van der Waals surface area contributed by atoms with Crippen LogP contribution >= 0.6 is 0 Å². The van der Waals surface area contributed by atoms with Crippen molar-refractivity contribution in [3.05, 3.63) is 112 Å². The Morgan fingerprint density at radius 3 is 2.30 bits per heavy atom. The van der Waals surface area contributed by atoms with Crippen LogP contribution in [0.25, 0.3) is 21.7 Å². The van der Waals surface area contributed by atoms with E-state index in [1.165, 1.54) is 0 Å². The molecule has 0 saturated carbocycles. The first-order valence-corrected chi connectivity index (χ1v) is 10.4. The molecule has 0 unspecified atom stereocenters. The minimum atomic E-state index is -1.12. The fraction of sp³-hybridized carbons (Fsp3) is 0.0769. The number of para-hydroxylation sites is 1. The van der Waals surface area contributed by atoms with Crippen LogP contribution in [-0.4, -0.2) is 26.9 Å². The fourth-order valence-corrected chi connectivity index (χ4v) is 3.93. The molecule has 7 nitrogen and oxygen atoms in total. The summed E-state index contributed by atoms with van der Waals surface area (Å²) in [5.41, 5.74) is 1.88. The van der Waals surface area contributed by atoms with Gasteiger partial charge in [0, 0.05) is 33.6 Å². The standard InChI is InChI=1S/C26H19N3O4/c30-23(14-22-17-10-4-5-12-19(17)26(32)29-28-22)33-25(16-8-2-1-3-9-16)24(31)20-15-27-21-13-7-6-11-18(20)21/h1-13,15,25,27H,14H2,(H,29,32)/t25-/m0/s1. The number of carbonyl (C=O) groups excluding carboxylic acids is 2. The van der Waals surface area contributed by atoms with Crippen molar-refractivity contribution >= 4 is 33.4 Å². The number of hydrogen-bond acceptors (Lipinski definition) is 5. The van der Waals surface area contributed by atoms with E-state index in [0.717, 1.165) is 10.9 Å². The predicted molar refractivity (Wildman–Crippen MR) is 124 cm³/mol. The molecule has 2 aromatic heterocycles. The predicted octanol–water partition coefficient (Wildman–Crippen LogP) is 4.11. The molecular weight excluding hydrogens is 418 g/mol. The number of ether oxygens (including phenoxy) is 1. The van der Waals surface area contributed by atoms with Crippen LogP contribution in [0.4, 0.5) is 0 Å². The summed E-state index contributed by atoms with van der Waals surface area (Å²) in [5.74, 6) is -0.951. The summed E-state index contributed by atoms with van der Waals surface area (Å²) in [6, 6.07) is 23.3. The van der Waals surface area contributed by atoms with Crippen molar-refractivity contribution < 1.29 is 14.3 Å². The number of rotatable bonds is 6. The molecule has 0 spiro atoms. The molecule has 2 N–H and O–H groups in total. The number of nitrogens with one attached hydrogen (secondary N) is 2. The summed E-state index contributed by atoms with van der Waals surface area (Å²) in [6.45, 7) is 0. The zero-order valence-electron chi connectivity index (χ0n) is 17.4. The fourth-order valence-electron chi connectivity index (χ4n) is 3.93. The van der Waals surface area contributed by atoms with Crippen molar-refractivity contribution in [3.63, 3.8) is 0 Å². The van der Waals surface area contributed by atoms with Gasteiger partial charge in [-0.3, -0.25) is 14.4 Å². The van der Waals surface area contributed by atoms with Crippen molar-refractivity contribution in [2.45, 2.75) is 12.5 Å². The van der Waals surface area contributed by atoms with Gasteiger partial charge >= 0.3 is 5.97 Å². The number of nitrogens with zero attached hydrogens (tertiary/aromatic N) is 1. The number of carbonyl (C=O) groups is 2. The molecule has 1 atom stereocenters. The maximum atomic E-state index is 13.5. The van der Waals surface area contributed by atoms with Crippen LogP contribution in [-0.2, 0) is 16.0 Å². The van der Waals surface area contributed by atoms with E-state index in [2.05, 4.69) is 15.2 Å². The number of Topliss-reactive ketones (excluding diaryl/α,β-unsaturated/α-hetero) is 1. The Hall–Kier alpha value is -4.52. The van der Waals surface area contributed by atoms with Gasteiger partial charge in [-0.1, -0.05) is 66.7 Å². The van der Waals surface area contributed by atoms with Gasteiger partial charge in [0.05, 0.1) is 17.5 Å². The average molecular weight is 437 g/mol. The molecule has 0 radical (unpaired) electrons. The number of esters is 1. The Kier molecular flexibility index (Phi) is 5.28. The van der Waals surface area contributed by atoms with E-state index in [-0.39, 0.29) is 17.8 Å². The third-order valence-corrected chi connectivity index (χ3v) is 5.53. The summed E-state index contributed by atoms with van der Waals surface area (Å²) < 4.78 is 5.72. The van der Waals surface area contributed by atoms with Gasteiger partial charge in [0.2, 0.25) is 5.78 Å². The van der Waals surface area contributed by atoms with Gasteiger partial charge < -0.3 is 9.72 Å². The molecular formula is C26H19N3O4. The Bertz CT molecular complexity index is 1540. The highest BCUT2D eigenvalue weighted by atomic mass is 16.5. The Morgan fingerprint density at radius 2 is 1.52 bits per heavy atom. The molecule has 0 saturated heterocycles. The lowest BCUT2D eigenvalue weighted by Gasteiger charge is -2.17. The van der Waals surface area contributed by atoms with Gasteiger partial charge in [0.25, 0.3) is 5.56 Å². The summed E-state index contributed by atoms with van der Waals surface area (Å²) in [5, 5.41) is 8.21. The molecule has 2 heterocycles. The summed E-state index contributed by atoms with van der Waals surface area (Å²) in [7, 11) is 0. The molecule has 0 fully saturated rings. The second kappa shape index (κ2) is 8.55. The Balaban J connectivity index is 1.47. The number of aromatic amines is 2. The van der Waals surface area contributed by atoms with Gasteiger partial charge in [0.1, 0.15) is 0 Å². The van der Waals surface area contributed by atoms with Crippen LogP contribution in [0.15, 0.2) is 89.9 Å². The first kappa shape index (κ1) is 20.4. The highest BCUT2D eigenvalue weighted by Crippen LogP contribution is 2.27. The van der Waals surface area contributed by atoms with Gasteiger partial charge in [-0.2, -0.15) is 5.10 Å². The number of H-pyrrole nitrogens is 2. The van der Waals surface area contributed by atoms with Crippen molar-refractivity contribution in [1.82, 2.24) is 15.2 Å². The monoisotopic (exact) mass is 437 g/mol. The molecule has 0 aliphatic heterocycles. The summed E-state index contributed by atoms with van der Waals surface area (Å²) in [4.78, 5) is 41.6. The minimum absolute atomic E-state index is 0.193. The van der Waals surface area contributed by atoms with E-state index in [4.69, 9.17) is 4.74 Å². The van der Waals surface area contributed by atoms with Gasteiger partial charge in [-0.15, -0.1) is 0 Å². The van der Waals surface area contributed by atoms with Gasteiger partial charge in [-0.05, 0) is 12.1 Å². The highest BCUT2D eigenvalue weighted by Gasteiger charge is 2.28. The maximum Gasteiger partial charge on any atom is 0.313 e. The molecule has 0 aliphatic carbocycles. The molecule has 3 aromatic carbocycles. The third-order valence-electron chi connectivity index (χ3n) is 5.53. The minimum Gasteiger partial charge on any atom is -0.449 e. The molecule has 33 heavy (non-hydrogen) atoms. The second-order valence-electron chi connectivity index (χ2n) is 7.61. The van der Waals surface area contributed by atoms with E-state index in [0.29, 0.717) is 27.6 Å². The normalized spacial score (nSPS) is 12.0. The van der Waals surface area contributed by atoms with Gasteiger partial charge in [-0.25, -0.2) is 5.10 Å². The SMILES string of the molecule is O=C(Cc1n[nH]c(=O)c2ccccc12)O[C@H](C(=O)c1c[nH]c2ccccc12)c1ccccc1. The largest absolute Gasteiger partial charge is 0.449 e. The number of fused-ring (bicyclic) bond motifs is 2. The Labute approximate surface area is 188 Å². The number of benzene rings is 3. The number of hydrogen-bond donors (Lipinski definition) is 2. The number of aromatic nitrogens is 3. The molecule has 0 aliphatic rings. The molecule has 5 rings (SSSR count). The smallest absolute Gasteiger partial charge is 0.313 e. The van der Waals surface area contributed by atoms with Crippen LogP contribution in [0.2, 0.25) is 0 Å².